The Hall–Kier alpha value is -2.82. The summed E-state index contributed by atoms with van der Waals surface area (Å²) >= 11 is 0. The topological polar surface area (TPSA) is 67.4 Å². The van der Waals surface area contributed by atoms with Crippen LogP contribution in [0.2, 0.25) is 0 Å². The van der Waals surface area contributed by atoms with Crippen LogP contribution < -0.4 is 15.4 Å². The Balaban J connectivity index is 1.69. The Morgan fingerprint density at radius 1 is 1.07 bits per heavy atom. The monoisotopic (exact) mass is 408 g/mol. The summed E-state index contributed by atoms with van der Waals surface area (Å²) in [6.07, 6.45) is 5.45. The Labute approximate surface area is 179 Å². The Bertz CT molecular complexity index is 888. The zero-order valence-corrected chi connectivity index (χ0v) is 18.2. The zero-order valence-electron chi connectivity index (χ0n) is 18.2. The summed E-state index contributed by atoms with van der Waals surface area (Å²) in [6.45, 7) is 5.91. The van der Waals surface area contributed by atoms with E-state index in [-0.39, 0.29) is 17.9 Å². The maximum Gasteiger partial charge on any atom is 0.265 e. The maximum atomic E-state index is 12.9. The molecule has 0 unspecified atom stereocenters. The fourth-order valence-corrected chi connectivity index (χ4v) is 3.92. The molecule has 0 aliphatic heterocycles. The van der Waals surface area contributed by atoms with E-state index in [1.54, 1.807) is 12.1 Å². The smallest absolute Gasteiger partial charge is 0.265 e. The molecule has 5 nitrogen and oxygen atoms in total. The fraction of sp³-hybridized carbons (Fsp3) is 0.440. The van der Waals surface area contributed by atoms with Gasteiger partial charge in [0.05, 0.1) is 11.3 Å². The second-order valence-corrected chi connectivity index (χ2v) is 8.13. The van der Waals surface area contributed by atoms with E-state index in [0.717, 1.165) is 36.8 Å². The number of anilines is 1. The first-order valence-electron chi connectivity index (χ1n) is 10.9. The van der Waals surface area contributed by atoms with Crippen LogP contribution in [0.1, 0.15) is 66.9 Å². The molecule has 0 bridgehead atoms. The van der Waals surface area contributed by atoms with Crippen molar-refractivity contribution in [3.8, 4) is 5.75 Å². The average Bonchev–Trinajstić information content (AvgIpc) is 2.74. The third-order valence-electron chi connectivity index (χ3n) is 5.63. The average molecular weight is 409 g/mol. The molecular formula is C25H32N2O3. The predicted molar refractivity (Wildman–Crippen MR) is 120 cm³/mol. The Kier molecular flexibility index (Phi) is 7.50. The summed E-state index contributed by atoms with van der Waals surface area (Å²) in [6, 6.07) is 13.3. The van der Waals surface area contributed by atoms with Gasteiger partial charge < -0.3 is 15.4 Å². The van der Waals surface area contributed by atoms with E-state index in [4.69, 9.17) is 4.74 Å². The van der Waals surface area contributed by atoms with Crippen LogP contribution >= 0.6 is 0 Å². The predicted octanol–water partition coefficient (Wildman–Crippen LogP) is 5.16. The highest BCUT2D eigenvalue weighted by molar-refractivity contribution is 6.04. The molecule has 0 saturated heterocycles. The number of hydrogen-bond donors (Lipinski definition) is 2. The molecule has 3 rings (SSSR count). The second kappa shape index (κ2) is 10.3. The van der Waals surface area contributed by atoms with E-state index in [2.05, 4.69) is 10.6 Å². The summed E-state index contributed by atoms with van der Waals surface area (Å²) < 4.78 is 5.99. The maximum absolute atomic E-state index is 12.9. The molecule has 0 spiro atoms. The van der Waals surface area contributed by atoms with Gasteiger partial charge in [0.2, 0.25) is 0 Å². The highest BCUT2D eigenvalue weighted by atomic mass is 16.5. The van der Waals surface area contributed by atoms with Crippen LogP contribution in [0.3, 0.4) is 0 Å². The van der Waals surface area contributed by atoms with Gasteiger partial charge >= 0.3 is 0 Å². The Morgan fingerprint density at radius 3 is 2.50 bits per heavy atom. The lowest BCUT2D eigenvalue weighted by Crippen LogP contribution is -2.37. The number of rotatable bonds is 7. The summed E-state index contributed by atoms with van der Waals surface area (Å²) in [5.74, 6) is 0.308. The number of aryl methyl sites for hydroxylation is 2. The van der Waals surface area contributed by atoms with Gasteiger partial charge in [-0.1, -0.05) is 56.0 Å². The van der Waals surface area contributed by atoms with Gasteiger partial charge in [0.15, 0.2) is 6.10 Å². The molecule has 1 atom stereocenters. The number of nitrogens with one attached hydrogen (secondary N) is 2. The molecule has 160 valence electrons. The number of para-hydroxylation sites is 1. The molecule has 30 heavy (non-hydrogen) atoms. The minimum absolute atomic E-state index is 0.138. The number of benzene rings is 2. The standard InChI is InChI=1S/C25H32N2O3/c1-4-22(30-23-15-14-17(2)16-18(23)3)25(29)27-21-13-9-8-12-20(21)24(28)26-19-10-6-5-7-11-19/h8-9,12-16,19,22H,4-7,10-11H2,1-3H3,(H,26,28)(H,27,29)/t22-/m0/s1. The Morgan fingerprint density at radius 2 is 1.80 bits per heavy atom. The minimum atomic E-state index is -0.638. The van der Waals surface area contributed by atoms with Gasteiger partial charge in [-0.25, -0.2) is 0 Å². The van der Waals surface area contributed by atoms with Gasteiger partial charge in [-0.2, -0.15) is 0 Å². The lowest BCUT2D eigenvalue weighted by molar-refractivity contribution is -0.122. The molecule has 2 aromatic rings. The zero-order chi connectivity index (χ0) is 21.5. The summed E-state index contributed by atoms with van der Waals surface area (Å²) in [4.78, 5) is 25.8. The van der Waals surface area contributed by atoms with E-state index in [1.807, 2.05) is 51.1 Å². The van der Waals surface area contributed by atoms with Crippen molar-refractivity contribution in [2.24, 2.45) is 0 Å². The molecule has 2 N–H and O–H groups in total. The molecule has 1 aliphatic carbocycles. The third kappa shape index (κ3) is 5.62. The van der Waals surface area contributed by atoms with Crippen molar-refractivity contribution < 1.29 is 14.3 Å². The number of carbonyl (C=O) groups excluding carboxylic acids is 2. The van der Waals surface area contributed by atoms with Crippen LogP contribution in [0, 0.1) is 13.8 Å². The van der Waals surface area contributed by atoms with Gasteiger partial charge in [-0.05, 0) is 56.9 Å². The van der Waals surface area contributed by atoms with Crippen molar-refractivity contribution in [3.63, 3.8) is 0 Å². The van der Waals surface area contributed by atoms with Crippen molar-refractivity contribution in [2.75, 3.05) is 5.32 Å². The van der Waals surface area contributed by atoms with Crippen LogP contribution in [0.4, 0.5) is 5.69 Å². The molecule has 2 aromatic carbocycles. The molecule has 1 fully saturated rings. The number of carbonyl (C=O) groups is 2. The fourth-order valence-electron chi connectivity index (χ4n) is 3.92. The molecule has 2 amide bonds. The first-order chi connectivity index (χ1) is 14.5. The van der Waals surface area contributed by atoms with E-state index >= 15 is 0 Å². The van der Waals surface area contributed by atoms with Crippen LogP contribution in [0.15, 0.2) is 42.5 Å². The van der Waals surface area contributed by atoms with Gasteiger partial charge in [0.1, 0.15) is 5.75 Å². The minimum Gasteiger partial charge on any atom is -0.480 e. The number of ether oxygens (including phenoxy) is 1. The molecule has 0 aromatic heterocycles. The number of hydrogen-bond acceptors (Lipinski definition) is 3. The van der Waals surface area contributed by atoms with E-state index in [9.17, 15) is 9.59 Å². The van der Waals surface area contributed by atoms with E-state index in [0.29, 0.717) is 23.4 Å². The van der Waals surface area contributed by atoms with Crippen LogP contribution in [-0.2, 0) is 4.79 Å². The van der Waals surface area contributed by atoms with Gasteiger partial charge in [0.25, 0.3) is 11.8 Å². The van der Waals surface area contributed by atoms with Crippen LogP contribution in [-0.4, -0.2) is 24.0 Å². The molecule has 1 saturated carbocycles. The second-order valence-electron chi connectivity index (χ2n) is 8.13. The van der Waals surface area contributed by atoms with Crippen molar-refractivity contribution in [1.82, 2.24) is 5.32 Å². The summed E-state index contributed by atoms with van der Waals surface area (Å²) in [5, 5.41) is 6.03. The highest BCUT2D eigenvalue weighted by Crippen LogP contribution is 2.23. The van der Waals surface area contributed by atoms with Crippen molar-refractivity contribution >= 4 is 17.5 Å². The molecule has 0 radical (unpaired) electrons. The normalized spacial score (nSPS) is 15.3. The lowest BCUT2D eigenvalue weighted by atomic mass is 9.95. The van der Waals surface area contributed by atoms with Crippen molar-refractivity contribution in [2.45, 2.75) is 71.4 Å². The van der Waals surface area contributed by atoms with Crippen LogP contribution in [0.25, 0.3) is 0 Å². The number of amides is 2. The summed E-state index contributed by atoms with van der Waals surface area (Å²) in [7, 11) is 0. The molecule has 5 heteroatoms. The third-order valence-corrected chi connectivity index (χ3v) is 5.63. The molecule has 1 aliphatic rings. The quantitative estimate of drug-likeness (QED) is 0.665. The first-order valence-corrected chi connectivity index (χ1v) is 10.9. The largest absolute Gasteiger partial charge is 0.480 e. The van der Waals surface area contributed by atoms with Gasteiger partial charge in [-0.15, -0.1) is 0 Å². The van der Waals surface area contributed by atoms with E-state index < -0.39 is 6.10 Å². The molecular weight excluding hydrogens is 376 g/mol. The van der Waals surface area contributed by atoms with Gasteiger partial charge in [0, 0.05) is 6.04 Å². The van der Waals surface area contributed by atoms with Gasteiger partial charge in [-0.3, -0.25) is 9.59 Å². The first kappa shape index (κ1) is 21.9. The highest BCUT2D eigenvalue weighted by Gasteiger charge is 2.23. The summed E-state index contributed by atoms with van der Waals surface area (Å²) in [5.41, 5.74) is 3.14. The lowest BCUT2D eigenvalue weighted by Gasteiger charge is -2.23. The van der Waals surface area contributed by atoms with E-state index in [1.165, 1.54) is 6.42 Å². The SMILES string of the molecule is CC[C@H](Oc1ccc(C)cc1C)C(=O)Nc1ccccc1C(=O)NC1CCCCC1. The van der Waals surface area contributed by atoms with Crippen LogP contribution in [0.5, 0.6) is 5.75 Å². The van der Waals surface area contributed by atoms with Crippen molar-refractivity contribution in [1.29, 1.82) is 0 Å². The molecule has 0 heterocycles. The van der Waals surface area contributed by atoms with Crippen molar-refractivity contribution in [3.05, 3.63) is 59.2 Å².